The Bertz CT molecular complexity index is 981. The molecule has 0 aliphatic heterocycles. The Balaban J connectivity index is 2.06. The minimum atomic E-state index is -1.05. The molecular weight excluding hydrogens is 336 g/mol. The van der Waals surface area contributed by atoms with Crippen molar-refractivity contribution in [3.63, 3.8) is 0 Å². The number of H-pyrrole nitrogens is 1. The second-order valence-corrected chi connectivity index (χ2v) is 5.43. The van der Waals surface area contributed by atoms with Crippen molar-refractivity contribution in [3.05, 3.63) is 70.0 Å². The highest BCUT2D eigenvalue weighted by atomic mass is 32.1. The van der Waals surface area contributed by atoms with E-state index in [4.69, 9.17) is 17.3 Å². The van der Waals surface area contributed by atoms with Crippen LogP contribution in [-0.4, -0.2) is 25.8 Å². The second kappa shape index (κ2) is 6.32. The highest BCUT2D eigenvalue weighted by Gasteiger charge is 2.16. The molecule has 0 aliphatic rings. The van der Waals surface area contributed by atoms with Gasteiger partial charge in [0.15, 0.2) is 22.2 Å². The third kappa shape index (κ3) is 2.95. The number of nitrogens with zero attached hydrogens (tertiary/aromatic N) is 2. The van der Waals surface area contributed by atoms with Gasteiger partial charge >= 0.3 is 5.97 Å². The summed E-state index contributed by atoms with van der Waals surface area (Å²) in [6.07, 6.45) is 0. The van der Waals surface area contributed by atoms with Crippen molar-refractivity contribution in [1.82, 2.24) is 14.8 Å². The summed E-state index contributed by atoms with van der Waals surface area (Å²) in [4.78, 5) is 11.1. The molecule has 0 saturated carbocycles. The highest BCUT2D eigenvalue weighted by Crippen LogP contribution is 2.23. The van der Waals surface area contributed by atoms with Gasteiger partial charge in [-0.15, -0.1) is 0 Å². The fraction of sp³-hybridized carbons (Fsp3) is 0.0625. The first kappa shape index (κ1) is 16.0. The Morgan fingerprint density at radius 1 is 1.25 bits per heavy atom. The van der Waals surface area contributed by atoms with Crippen LogP contribution in [0, 0.1) is 16.4 Å². The number of hydrogen-bond donors (Lipinski definition) is 2. The van der Waals surface area contributed by atoms with Gasteiger partial charge < -0.3 is 5.11 Å². The molecule has 0 aliphatic carbocycles. The lowest BCUT2D eigenvalue weighted by atomic mass is 10.1. The molecule has 1 heterocycles. The number of benzene rings is 2. The van der Waals surface area contributed by atoms with Crippen LogP contribution in [0.25, 0.3) is 11.4 Å². The Morgan fingerprint density at radius 3 is 2.75 bits per heavy atom. The zero-order valence-electron chi connectivity index (χ0n) is 12.2. The topological polar surface area (TPSA) is 70.9 Å². The average Bonchev–Trinajstić information content (AvgIpc) is 2.91. The van der Waals surface area contributed by atoms with Crippen molar-refractivity contribution in [2.45, 2.75) is 6.54 Å². The maximum atomic E-state index is 14.0. The lowest BCUT2D eigenvalue weighted by molar-refractivity contribution is 0.0696. The summed E-state index contributed by atoms with van der Waals surface area (Å²) in [6, 6.07) is 10.1. The first-order chi connectivity index (χ1) is 11.5. The van der Waals surface area contributed by atoms with Gasteiger partial charge in [0, 0.05) is 0 Å². The minimum Gasteiger partial charge on any atom is -0.478 e. The largest absolute Gasteiger partial charge is 0.478 e. The molecule has 0 atom stereocenters. The molecule has 0 saturated heterocycles. The Hall–Kier alpha value is -2.87. The molecule has 0 fully saturated rings. The highest BCUT2D eigenvalue weighted by molar-refractivity contribution is 7.71. The van der Waals surface area contributed by atoms with E-state index in [-0.39, 0.29) is 28.3 Å². The van der Waals surface area contributed by atoms with Crippen LogP contribution < -0.4 is 0 Å². The maximum absolute atomic E-state index is 14.0. The van der Waals surface area contributed by atoms with Crippen LogP contribution in [0.5, 0.6) is 0 Å². The quantitative estimate of drug-likeness (QED) is 0.707. The van der Waals surface area contributed by atoms with Crippen molar-refractivity contribution in [1.29, 1.82) is 0 Å². The van der Waals surface area contributed by atoms with Crippen LogP contribution in [0.1, 0.15) is 15.9 Å². The molecule has 2 N–H and O–H groups in total. The van der Waals surface area contributed by atoms with Crippen molar-refractivity contribution in [2.24, 2.45) is 0 Å². The Morgan fingerprint density at radius 2 is 2.00 bits per heavy atom. The van der Waals surface area contributed by atoms with Crippen LogP contribution in [0.3, 0.4) is 0 Å². The number of nitrogens with one attached hydrogen (secondary N) is 1. The molecule has 0 unspecified atom stereocenters. The van der Waals surface area contributed by atoms with Gasteiger partial charge in [-0.05, 0) is 42.0 Å². The number of aromatic nitrogens is 3. The van der Waals surface area contributed by atoms with E-state index in [0.717, 1.165) is 6.07 Å². The van der Waals surface area contributed by atoms with E-state index < -0.39 is 17.6 Å². The molecule has 2 aromatic carbocycles. The summed E-state index contributed by atoms with van der Waals surface area (Å²) in [7, 11) is 0. The van der Waals surface area contributed by atoms with Crippen molar-refractivity contribution >= 4 is 18.2 Å². The van der Waals surface area contributed by atoms with E-state index in [0.29, 0.717) is 5.56 Å². The predicted octanol–water partition coefficient (Wildman–Crippen LogP) is 3.63. The van der Waals surface area contributed by atoms with Crippen LogP contribution in [0.4, 0.5) is 8.78 Å². The zero-order chi connectivity index (χ0) is 17.3. The summed E-state index contributed by atoms with van der Waals surface area (Å²) in [5.41, 5.74) is 0.739. The summed E-state index contributed by atoms with van der Waals surface area (Å²) < 4.78 is 29.2. The molecule has 5 nitrogen and oxygen atoms in total. The zero-order valence-corrected chi connectivity index (χ0v) is 13.0. The third-order valence-electron chi connectivity index (χ3n) is 3.47. The number of hydrogen-bond acceptors (Lipinski definition) is 3. The van der Waals surface area contributed by atoms with E-state index in [1.807, 2.05) is 0 Å². The monoisotopic (exact) mass is 347 g/mol. The van der Waals surface area contributed by atoms with Gasteiger partial charge in [-0.3, -0.25) is 9.67 Å². The maximum Gasteiger partial charge on any atom is 0.335 e. The predicted molar refractivity (Wildman–Crippen MR) is 85.3 cm³/mol. The van der Waals surface area contributed by atoms with Crippen LogP contribution in [0.2, 0.25) is 0 Å². The lowest BCUT2D eigenvalue weighted by Gasteiger charge is -2.09. The van der Waals surface area contributed by atoms with Gasteiger partial charge in [0.05, 0.1) is 17.7 Å². The molecule has 0 amide bonds. The Kier molecular flexibility index (Phi) is 4.22. The van der Waals surface area contributed by atoms with E-state index >= 15 is 0 Å². The molecular formula is C16H11F2N3O2S. The van der Waals surface area contributed by atoms with Gasteiger partial charge in [-0.1, -0.05) is 18.2 Å². The van der Waals surface area contributed by atoms with Crippen molar-refractivity contribution in [3.8, 4) is 11.4 Å². The summed E-state index contributed by atoms with van der Waals surface area (Å²) in [5, 5.41) is 15.6. The standard InChI is InChI=1S/C16H11F2N3O2S/c17-12-6-2-5-11(13(12)18)14-19-20-16(24)21(14)8-9-3-1-4-10(7-9)15(22)23/h1-7H,8H2,(H,20,24)(H,22,23). The molecule has 8 heteroatoms. The molecule has 0 spiro atoms. The van der Waals surface area contributed by atoms with Crippen molar-refractivity contribution < 1.29 is 18.7 Å². The van der Waals surface area contributed by atoms with Gasteiger partial charge in [0.25, 0.3) is 0 Å². The molecule has 0 radical (unpaired) electrons. The first-order valence-corrected chi connectivity index (χ1v) is 7.30. The molecule has 3 rings (SSSR count). The number of rotatable bonds is 4. The summed E-state index contributed by atoms with van der Waals surface area (Å²) >= 11 is 5.14. The van der Waals surface area contributed by atoms with Crippen LogP contribution in [0.15, 0.2) is 42.5 Å². The van der Waals surface area contributed by atoms with Gasteiger partial charge in [0.1, 0.15) is 0 Å². The van der Waals surface area contributed by atoms with Gasteiger partial charge in [0.2, 0.25) is 0 Å². The number of aromatic carboxylic acids is 1. The van der Waals surface area contributed by atoms with E-state index in [1.54, 1.807) is 12.1 Å². The smallest absolute Gasteiger partial charge is 0.335 e. The average molecular weight is 347 g/mol. The normalized spacial score (nSPS) is 10.8. The minimum absolute atomic E-state index is 0.0308. The number of carbonyl (C=O) groups is 1. The lowest BCUT2D eigenvalue weighted by Crippen LogP contribution is -2.05. The third-order valence-corrected chi connectivity index (χ3v) is 3.78. The molecule has 24 heavy (non-hydrogen) atoms. The number of aromatic amines is 1. The van der Waals surface area contributed by atoms with E-state index in [9.17, 15) is 13.6 Å². The number of carboxylic acid groups (broad SMARTS) is 1. The molecule has 1 aromatic heterocycles. The van der Waals surface area contributed by atoms with Gasteiger partial charge in [-0.2, -0.15) is 5.10 Å². The number of halogens is 2. The van der Waals surface area contributed by atoms with E-state index in [2.05, 4.69) is 10.2 Å². The summed E-state index contributed by atoms with van der Waals surface area (Å²) in [6.45, 7) is 0.168. The molecule has 0 bridgehead atoms. The summed E-state index contributed by atoms with van der Waals surface area (Å²) in [5.74, 6) is -2.92. The Labute approximate surface area is 140 Å². The first-order valence-electron chi connectivity index (χ1n) is 6.89. The fourth-order valence-electron chi connectivity index (χ4n) is 2.33. The van der Waals surface area contributed by atoms with Crippen LogP contribution in [-0.2, 0) is 6.54 Å². The second-order valence-electron chi connectivity index (χ2n) is 5.05. The molecule has 122 valence electrons. The fourth-order valence-corrected chi connectivity index (χ4v) is 2.53. The van der Waals surface area contributed by atoms with Gasteiger partial charge in [-0.25, -0.2) is 13.6 Å². The number of carboxylic acids is 1. The molecule has 3 aromatic rings. The SMILES string of the molecule is O=C(O)c1cccc(Cn2c(-c3cccc(F)c3F)n[nH]c2=S)c1. The van der Waals surface area contributed by atoms with Crippen LogP contribution >= 0.6 is 12.2 Å². The van der Waals surface area contributed by atoms with E-state index in [1.165, 1.54) is 28.8 Å². The van der Waals surface area contributed by atoms with Crippen molar-refractivity contribution in [2.75, 3.05) is 0 Å².